The molecule has 1 atom stereocenters. The number of anilines is 1. The first-order valence-corrected chi connectivity index (χ1v) is 10.6. The van der Waals surface area contributed by atoms with Crippen molar-refractivity contribution in [3.8, 4) is 0 Å². The molecule has 1 aliphatic rings. The van der Waals surface area contributed by atoms with Crippen LogP contribution in [0, 0.1) is 0 Å². The van der Waals surface area contributed by atoms with E-state index in [0.29, 0.717) is 40.5 Å². The summed E-state index contributed by atoms with van der Waals surface area (Å²) in [5.41, 5.74) is 2.11. The Balaban J connectivity index is 1.64. The molecule has 0 aliphatic carbocycles. The number of amidine groups is 1. The lowest BCUT2D eigenvalue weighted by Gasteiger charge is -2.31. The van der Waals surface area contributed by atoms with Crippen LogP contribution in [-0.4, -0.2) is 48.0 Å². The average molecular weight is 470 g/mol. The van der Waals surface area contributed by atoms with Crippen LogP contribution in [0.25, 0.3) is 0 Å². The lowest BCUT2D eigenvalue weighted by atomic mass is 10.0. The van der Waals surface area contributed by atoms with Gasteiger partial charge in [0.2, 0.25) is 11.8 Å². The molecule has 0 aromatic heterocycles. The highest BCUT2D eigenvalue weighted by Gasteiger charge is 2.30. The maximum Gasteiger partial charge on any atom is 0.319 e. The summed E-state index contributed by atoms with van der Waals surface area (Å²) < 4.78 is 0. The van der Waals surface area contributed by atoms with Crippen LogP contribution in [0.5, 0.6) is 0 Å². The maximum atomic E-state index is 12.1. The molecule has 2 aromatic carbocycles. The van der Waals surface area contributed by atoms with Crippen molar-refractivity contribution in [2.45, 2.75) is 32.4 Å². The Morgan fingerprint density at radius 2 is 1.97 bits per heavy atom. The summed E-state index contributed by atoms with van der Waals surface area (Å²) in [7, 11) is 1.72. The second kappa shape index (κ2) is 10.7. The third kappa shape index (κ3) is 6.39. The van der Waals surface area contributed by atoms with Crippen LogP contribution in [0.1, 0.15) is 35.7 Å². The number of nitrogens with one attached hydrogen (secondary N) is 3. The summed E-state index contributed by atoms with van der Waals surface area (Å²) in [6.45, 7) is 1.94. The van der Waals surface area contributed by atoms with Gasteiger partial charge in [-0.25, -0.2) is 9.79 Å². The lowest BCUT2D eigenvalue weighted by Crippen LogP contribution is -2.52. The smallest absolute Gasteiger partial charge is 0.319 e. The predicted molar refractivity (Wildman–Crippen MR) is 126 cm³/mol. The zero-order valence-corrected chi connectivity index (χ0v) is 19.0. The number of nitrogens with zero attached hydrogens (tertiary/aromatic N) is 2. The second-order valence-electron chi connectivity index (χ2n) is 7.56. The van der Waals surface area contributed by atoms with Gasteiger partial charge in [0.05, 0.1) is 5.69 Å². The first kappa shape index (κ1) is 23.9. The van der Waals surface area contributed by atoms with Crippen LogP contribution in [0.2, 0.25) is 5.02 Å². The average Bonchev–Trinajstić information content (AvgIpc) is 2.79. The number of urea groups is 1. The Kier molecular flexibility index (Phi) is 7.78. The van der Waals surface area contributed by atoms with Gasteiger partial charge >= 0.3 is 6.03 Å². The van der Waals surface area contributed by atoms with E-state index in [1.165, 1.54) is 0 Å². The van der Waals surface area contributed by atoms with Crippen LogP contribution in [0.3, 0.4) is 0 Å². The molecule has 9 nitrogen and oxygen atoms in total. The van der Waals surface area contributed by atoms with Crippen LogP contribution in [-0.2, 0) is 16.1 Å². The molecule has 2 aromatic rings. The van der Waals surface area contributed by atoms with Gasteiger partial charge in [-0.2, -0.15) is 0 Å². The van der Waals surface area contributed by atoms with Gasteiger partial charge in [0.25, 0.3) is 0 Å². The molecule has 3 N–H and O–H groups in total. The zero-order chi connectivity index (χ0) is 24.0. The van der Waals surface area contributed by atoms with Gasteiger partial charge in [0, 0.05) is 36.3 Å². The van der Waals surface area contributed by atoms with E-state index >= 15 is 0 Å². The molecule has 0 spiro atoms. The number of carbonyl (C=O) groups is 4. The predicted octanol–water partition coefficient (Wildman–Crippen LogP) is 3.26. The van der Waals surface area contributed by atoms with Crippen molar-refractivity contribution in [2.24, 2.45) is 4.99 Å². The Morgan fingerprint density at radius 1 is 1.24 bits per heavy atom. The fraction of sp³-hybridized carbons (Fsp3) is 0.261. The van der Waals surface area contributed by atoms with Crippen LogP contribution in [0.15, 0.2) is 47.5 Å². The molecule has 1 saturated heterocycles. The Hall–Kier alpha value is -3.72. The number of likely N-dealkylation sites (N-methyl/N-ethyl adjacent to an activating group) is 1. The fourth-order valence-corrected chi connectivity index (χ4v) is 3.46. The van der Waals surface area contributed by atoms with E-state index in [0.717, 1.165) is 5.56 Å². The molecule has 1 fully saturated rings. The molecule has 10 heteroatoms. The summed E-state index contributed by atoms with van der Waals surface area (Å²) in [6.07, 6.45) is 1.35. The standard InChI is InChI=1S/C23H24ClN5O4/c1-14(29(2)20-9-10-21(31)28-22(20)32)26-19-8-3-15(11-16(19)13-30)12-25-23(33)27-18-6-4-17(24)5-7-18/h3-8,11,13,20H,9-10,12H2,1-2H3,(H2,25,27,33)(H,28,31,32)/b26-14-. The van der Waals surface area contributed by atoms with Gasteiger partial charge in [-0.1, -0.05) is 17.7 Å². The molecule has 1 unspecified atom stereocenters. The number of piperidine rings is 1. The Labute approximate surface area is 196 Å². The highest BCUT2D eigenvalue weighted by atomic mass is 35.5. The first-order valence-electron chi connectivity index (χ1n) is 10.3. The van der Waals surface area contributed by atoms with E-state index in [9.17, 15) is 19.2 Å². The molecular formula is C23H24ClN5O4. The number of amides is 4. The number of benzene rings is 2. The first-order chi connectivity index (χ1) is 15.8. The fourth-order valence-electron chi connectivity index (χ4n) is 3.33. The van der Waals surface area contributed by atoms with Gasteiger partial charge in [0.1, 0.15) is 11.9 Å². The number of imide groups is 1. The largest absolute Gasteiger partial charge is 0.351 e. The molecule has 0 bridgehead atoms. The number of aliphatic imine (C=N–C) groups is 1. The minimum atomic E-state index is -0.506. The van der Waals surface area contributed by atoms with Crippen LogP contribution >= 0.6 is 11.6 Å². The van der Waals surface area contributed by atoms with Gasteiger partial charge in [-0.3, -0.25) is 19.7 Å². The van der Waals surface area contributed by atoms with Gasteiger partial charge < -0.3 is 15.5 Å². The van der Waals surface area contributed by atoms with E-state index in [-0.39, 0.29) is 24.8 Å². The number of carbonyl (C=O) groups excluding carboxylic acids is 4. The summed E-state index contributed by atoms with van der Waals surface area (Å²) in [5, 5.41) is 8.32. The van der Waals surface area contributed by atoms with Crippen molar-refractivity contribution in [3.05, 3.63) is 58.6 Å². The Morgan fingerprint density at radius 3 is 2.64 bits per heavy atom. The summed E-state index contributed by atoms with van der Waals surface area (Å²) in [4.78, 5) is 53.4. The van der Waals surface area contributed by atoms with E-state index in [2.05, 4.69) is 20.9 Å². The molecule has 1 aliphatic heterocycles. The highest BCUT2D eigenvalue weighted by Crippen LogP contribution is 2.21. The van der Waals surface area contributed by atoms with Crippen molar-refractivity contribution in [1.29, 1.82) is 0 Å². The molecular weight excluding hydrogens is 446 g/mol. The SMILES string of the molecule is C/C(=N/c1ccc(CNC(=O)Nc2ccc(Cl)cc2)cc1C=O)N(C)C1CCC(=O)NC1=O. The van der Waals surface area contributed by atoms with Crippen LogP contribution < -0.4 is 16.0 Å². The van der Waals surface area contributed by atoms with Crippen molar-refractivity contribution in [3.63, 3.8) is 0 Å². The number of halogens is 1. The van der Waals surface area contributed by atoms with E-state index in [1.54, 1.807) is 61.3 Å². The van der Waals surface area contributed by atoms with Crippen molar-refractivity contribution < 1.29 is 19.2 Å². The van der Waals surface area contributed by atoms with Crippen LogP contribution in [0.4, 0.5) is 16.2 Å². The number of aldehydes is 1. The summed E-state index contributed by atoms with van der Waals surface area (Å²) >= 11 is 5.83. The van der Waals surface area contributed by atoms with Crippen molar-refractivity contribution in [2.75, 3.05) is 12.4 Å². The minimum absolute atomic E-state index is 0.208. The maximum absolute atomic E-state index is 12.1. The van der Waals surface area contributed by atoms with Gasteiger partial charge in [0.15, 0.2) is 6.29 Å². The number of hydrogen-bond donors (Lipinski definition) is 3. The van der Waals surface area contributed by atoms with Crippen molar-refractivity contribution in [1.82, 2.24) is 15.5 Å². The lowest BCUT2D eigenvalue weighted by molar-refractivity contribution is -0.136. The molecule has 3 rings (SSSR count). The van der Waals surface area contributed by atoms with E-state index in [1.807, 2.05) is 0 Å². The van der Waals surface area contributed by atoms with E-state index < -0.39 is 12.1 Å². The molecule has 172 valence electrons. The second-order valence-corrected chi connectivity index (χ2v) is 8.00. The highest BCUT2D eigenvalue weighted by molar-refractivity contribution is 6.30. The topological polar surface area (TPSA) is 120 Å². The quantitative estimate of drug-likeness (QED) is 0.259. The number of hydrogen-bond acceptors (Lipinski definition) is 5. The van der Waals surface area contributed by atoms with Gasteiger partial charge in [-0.05, 0) is 55.3 Å². The summed E-state index contributed by atoms with van der Waals surface area (Å²) in [6, 6.07) is 10.9. The molecule has 4 amide bonds. The third-order valence-corrected chi connectivity index (χ3v) is 5.50. The number of rotatable bonds is 6. The molecule has 0 saturated carbocycles. The molecule has 33 heavy (non-hydrogen) atoms. The normalized spacial score (nSPS) is 16.1. The molecule has 1 heterocycles. The molecule has 0 radical (unpaired) electrons. The van der Waals surface area contributed by atoms with Crippen molar-refractivity contribution >= 4 is 52.9 Å². The third-order valence-electron chi connectivity index (χ3n) is 5.24. The Bertz CT molecular complexity index is 1100. The monoisotopic (exact) mass is 469 g/mol. The zero-order valence-electron chi connectivity index (χ0n) is 18.2. The summed E-state index contributed by atoms with van der Waals surface area (Å²) in [5.74, 6) is -0.119. The van der Waals surface area contributed by atoms with Gasteiger partial charge in [-0.15, -0.1) is 0 Å². The minimum Gasteiger partial charge on any atom is -0.351 e. The van der Waals surface area contributed by atoms with E-state index in [4.69, 9.17) is 11.6 Å².